The second-order valence-corrected chi connectivity index (χ2v) is 8.56. The van der Waals surface area contributed by atoms with Gasteiger partial charge in [-0.1, -0.05) is 6.92 Å². The molecule has 0 aliphatic heterocycles. The number of ether oxygens (including phenoxy) is 3. The van der Waals surface area contributed by atoms with Crippen molar-refractivity contribution < 1.29 is 23.8 Å². The fourth-order valence-corrected chi connectivity index (χ4v) is 3.82. The molecular formula is C21H33N3O5. The van der Waals surface area contributed by atoms with E-state index in [-0.39, 0.29) is 43.0 Å². The first kappa shape index (κ1) is 22.9. The minimum Gasteiger partial charge on any atom is -0.469 e. The maximum atomic E-state index is 12.4. The Morgan fingerprint density at radius 3 is 2.66 bits per heavy atom. The second-order valence-electron chi connectivity index (χ2n) is 8.56. The number of hydrogen-bond acceptors (Lipinski definition) is 7. The van der Waals surface area contributed by atoms with Gasteiger partial charge in [0, 0.05) is 6.20 Å². The molecule has 1 aromatic heterocycles. The Labute approximate surface area is 172 Å². The second kappa shape index (κ2) is 9.91. The van der Waals surface area contributed by atoms with Crippen molar-refractivity contribution in [2.45, 2.75) is 70.6 Å². The lowest BCUT2D eigenvalue weighted by atomic mass is 9.74. The molecule has 0 spiro atoms. The van der Waals surface area contributed by atoms with Gasteiger partial charge in [0.2, 0.25) is 0 Å². The van der Waals surface area contributed by atoms with E-state index in [2.05, 4.69) is 22.0 Å². The van der Waals surface area contributed by atoms with Gasteiger partial charge in [-0.2, -0.15) is 0 Å². The van der Waals surface area contributed by atoms with E-state index < -0.39 is 11.7 Å². The Bertz CT molecular complexity index is 704. The number of methoxy groups -OCH3 is 1. The predicted molar refractivity (Wildman–Crippen MR) is 109 cm³/mol. The molecule has 1 aliphatic rings. The van der Waals surface area contributed by atoms with Crippen LogP contribution in [-0.4, -0.2) is 48.5 Å². The van der Waals surface area contributed by atoms with Crippen molar-refractivity contribution in [3.8, 4) is 0 Å². The van der Waals surface area contributed by atoms with Crippen LogP contribution in [-0.2, 0) is 19.0 Å². The van der Waals surface area contributed by atoms with Gasteiger partial charge < -0.3 is 25.3 Å². The summed E-state index contributed by atoms with van der Waals surface area (Å²) in [6.07, 6.45) is 4.32. The predicted octanol–water partition coefficient (Wildman–Crippen LogP) is 3.02. The maximum Gasteiger partial charge on any atom is 0.407 e. The van der Waals surface area contributed by atoms with Crippen molar-refractivity contribution in [1.82, 2.24) is 10.3 Å². The molecule has 0 saturated heterocycles. The Morgan fingerprint density at radius 2 is 2.03 bits per heavy atom. The minimum absolute atomic E-state index is 0.138. The van der Waals surface area contributed by atoms with Crippen LogP contribution in [0.2, 0.25) is 0 Å². The number of nitrogens with one attached hydrogen (secondary N) is 1. The number of nitrogens with zero attached hydrogens (tertiary/aromatic N) is 1. The lowest BCUT2D eigenvalue weighted by Crippen LogP contribution is -2.52. The van der Waals surface area contributed by atoms with Gasteiger partial charge >= 0.3 is 12.1 Å². The topological polar surface area (TPSA) is 113 Å². The molecule has 0 unspecified atom stereocenters. The largest absolute Gasteiger partial charge is 0.469 e. The Kier molecular flexibility index (Phi) is 7.84. The van der Waals surface area contributed by atoms with Crippen LogP contribution in [0, 0.1) is 5.92 Å². The van der Waals surface area contributed by atoms with Gasteiger partial charge in [0.05, 0.1) is 44.2 Å². The molecule has 3 N–H and O–H groups in total. The Hall–Kier alpha value is -2.35. The fourth-order valence-electron chi connectivity index (χ4n) is 3.82. The van der Waals surface area contributed by atoms with E-state index in [4.69, 9.17) is 15.2 Å². The van der Waals surface area contributed by atoms with Gasteiger partial charge in [-0.25, -0.2) is 4.79 Å². The van der Waals surface area contributed by atoms with Gasteiger partial charge in [-0.05, 0) is 57.1 Å². The van der Waals surface area contributed by atoms with Crippen LogP contribution in [0.15, 0.2) is 18.5 Å². The summed E-state index contributed by atoms with van der Waals surface area (Å²) in [5.41, 5.74) is 7.20. The zero-order valence-corrected chi connectivity index (χ0v) is 17.9. The molecular weight excluding hydrogens is 374 g/mol. The summed E-state index contributed by atoms with van der Waals surface area (Å²) in [6.45, 7) is 7.77. The molecule has 1 aliphatic carbocycles. The number of nitrogen functional groups attached to an aromatic ring is 1. The van der Waals surface area contributed by atoms with Crippen molar-refractivity contribution in [3.05, 3.63) is 24.0 Å². The van der Waals surface area contributed by atoms with Crippen LogP contribution in [0.5, 0.6) is 0 Å². The Morgan fingerprint density at radius 1 is 1.31 bits per heavy atom. The van der Waals surface area contributed by atoms with Gasteiger partial charge in [0.1, 0.15) is 5.60 Å². The number of amides is 1. The SMILES string of the molecule is COC(=O)CCO[C@@H]1[C@@H](C)C[C@@H](c2ccncc2N)C[C@H]1NC(=O)OC(C)(C)C. The fraction of sp³-hybridized carbons (Fsp3) is 0.667. The van der Waals surface area contributed by atoms with E-state index in [0.29, 0.717) is 12.1 Å². The Balaban J connectivity index is 2.14. The average Bonchev–Trinajstić information content (AvgIpc) is 2.62. The average molecular weight is 408 g/mol. The highest BCUT2D eigenvalue weighted by molar-refractivity contribution is 5.69. The van der Waals surface area contributed by atoms with E-state index in [0.717, 1.165) is 12.0 Å². The quantitative estimate of drug-likeness (QED) is 0.697. The van der Waals surface area contributed by atoms with Crippen LogP contribution >= 0.6 is 0 Å². The van der Waals surface area contributed by atoms with E-state index in [1.165, 1.54) is 7.11 Å². The summed E-state index contributed by atoms with van der Waals surface area (Å²) in [6, 6.07) is 1.65. The van der Waals surface area contributed by atoms with Crippen LogP contribution in [0.1, 0.15) is 58.4 Å². The summed E-state index contributed by atoms with van der Waals surface area (Å²) in [4.78, 5) is 27.9. The third kappa shape index (κ3) is 6.88. The van der Waals surface area contributed by atoms with Crippen molar-refractivity contribution in [1.29, 1.82) is 0 Å². The zero-order valence-electron chi connectivity index (χ0n) is 17.9. The molecule has 8 nitrogen and oxygen atoms in total. The maximum absolute atomic E-state index is 12.4. The van der Waals surface area contributed by atoms with Gasteiger partial charge in [-0.3, -0.25) is 9.78 Å². The molecule has 0 bridgehead atoms. The van der Waals surface area contributed by atoms with Crippen LogP contribution in [0.25, 0.3) is 0 Å². The smallest absolute Gasteiger partial charge is 0.407 e. The summed E-state index contributed by atoms with van der Waals surface area (Å²) < 4.78 is 16.1. The summed E-state index contributed by atoms with van der Waals surface area (Å²) in [7, 11) is 1.35. The number of nitrogens with two attached hydrogens (primary N) is 1. The molecule has 8 heteroatoms. The van der Waals surface area contributed by atoms with Crippen LogP contribution in [0.4, 0.5) is 10.5 Å². The number of aromatic nitrogens is 1. The number of esters is 1. The van der Waals surface area contributed by atoms with E-state index in [1.807, 2.05) is 26.8 Å². The molecule has 0 aromatic carbocycles. The van der Waals surface area contributed by atoms with Crippen LogP contribution in [0.3, 0.4) is 0 Å². The molecule has 1 fully saturated rings. The first-order valence-electron chi connectivity index (χ1n) is 9.98. The van der Waals surface area contributed by atoms with Crippen molar-refractivity contribution in [2.75, 3.05) is 19.5 Å². The van der Waals surface area contributed by atoms with E-state index in [9.17, 15) is 9.59 Å². The number of carbonyl (C=O) groups excluding carboxylic acids is 2. The summed E-state index contributed by atoms with van der Waals surface area (Å²) in [5.74, 6) is -0.0279. The molecule has 4 atom stereocenters. The third-order valence-electron chi connectivity index (χ3n) is 5.03. The van der Waals surface area contributed by atoms with Crippen molar-refractivity contribution >= 4 is 17.7 Å². The standard InChI is InChI=1S/C21H33N3O5/c1-13-10-14(15-6-8-23-12-16(15)22)11-17(24-20(26)29-21(2,3)4)19(13)28-9-7-18(25)27-5/h6,8,12-14,17,19H,7,9-11,22H2,1-5H3,(H,24,26)/t13-,14+,17+,19+/m0/s1. The molecule has 1 aromatic rings. The molecule has 162 valence electrons. The first-order chi connectivity index (χ1) is 13.6. The highest BCUT2D eigenvalue weighted by Gasteiger charge is 2.39. The monoisotopic (exact) mass is 407 g/mol. The number of alkyl carbamates (subject to hydrolysis) is 1. The zero-order chi connectivity index (χ0) is 21.6. The number of anilines is 1. The van der Waals surface area contributed by atoms with Crippen molar-refractivity contribution in [3.63, 3.8) is 0 Å². The number of hydrogen-bond donors (Lipinski definition) is 2. The molecule has 1 saturated carbocycles. The molecule has 1 amide bonds. The molecule has 0 radical (unpaired) electrons. The highest BCUT2D eigenvalue weighted by atomic mass is 16.6. The van der Waals surface area contributed by atoms with Gasteiger partial charge in [0.25, 0.3) is 0 Å². The number of rotatable bonds is 6. The van der Waals surface area contributed by atoms with Gasteiger partial charge in [0.15, 0.2) is 0 Å². The lowest BCUT2D eigenvalue weighted by molar-refractivity contribution is -0.143. The normalized spacial score (nSPS) is 24.6. The van der Waals surface area contributed by atoms with E-state index in [1.54, 1.807) is 12.4 Å². The van der Waals surface area contributed by atoms with Crippen LogP contribution < -0.4 is 11.1 Å². The molecule has 2 rings (SSSR count). The lowest BCUT2D eigenvalue weighted by Gasteiger charge is -2.41. The minimum atomic E-state index is -0.597. The first-order valence-corrected chi connectivity index (χ1v) is 9.98. The third-order valence-corrected chi connectivity index (χ3v) is 5.03. The van der Waals surface area contributed by atoms with Gasteiger partial charge in [-0.15, -0.1) is 0 Å². The number of carbonyl (C=O) groups is 2. The molecule has 1 heterocycles. The van der Waals surface area contributed by atoms with E-state index >= 15 is 0 Å². The summed E-state index contributed by atoms with van der Waals surface area (Å²) >= 11 is 0. The number of pyridine rings is 1. The summed E-state index contributed by atoms with van der Waals surface area (Å²) in [5, 5.41) is 2.97. The highest BCUT2D eigenvalue weighted by Crippen LogP contribution is 2.39. The van der Waals surface area contributed by atoms with Crippen molar-refractivity contribution in [2.24, 2.45) is 5.92 Å². The molecule has 29 heavy (non-hydrogen) atoms.